The molecule has 8 heteroatoms. The van der Waals surface area contributed by atoms with Gasteiger partial charge in [0.15, 0.2) is 5.78 Å². The Kier molecular flexibility index (Phi) is 4.80. The molecule has 0 aromatic heterocycles. The lowest BCUT2D eigenvalue weighted by Gasteiger charge is -2.13. The Balaban J connectivity index is 2.18. The van der Waals surface area contributed by atoms with Gasteiger partial charge in [0.2, 0.25) is 0 Å². The Bertz CT molecular complexity index is 716. The van der Waals surface area contributed by atoms with Gasteiger partial charge >= 0.3 is 17.8 Å². The van der Waals surface area contributed by atoms with E-state index in [1.807, 2.05) is 0 Å². The highest BCUT2D eigenvalue weighted by molar-refractivity contribution is 6.45. The summed E-state index contributed by atoms with van der Waals surface area (Å²) in [7, 11) is 1.43. The summed E-state index contributed by atoms with van der Waals surface area (Å²) < 4.78 is 4.98. The number of Topliss-reactive ketones (excluding diaryl/α,β-unsaturated/α-hetero) is 1. The third-order valence-electron chi connectivity index (χ3n) is 3.22. The second-order valence-electron chi connectivity index (χ2n) is 4.65. The quantitative estimate of drug-likeness (QED) is 0.340. The highest BCUT2D eigenvalue weighted by Gasteiger charge is 2.44. The van der Waals surface area contributed by atoms with Crippen molar-refractivity contribution in [2.45, 2.75) is 0 Å². The molecule has 0 unspecified atom stereocenters. The summed E-state index contributed by atoms with van der Waals surface area (Å²) in [6.45, 7) is 2.77. The minimum absolute atomic E-state index is 0.0948. The number of rotatable bonds is 6. The van der Waals surface area contributed by atoms with E-state index >= 15 is 0 Å². The molecule has 0 aliphatic carbocycles. The average molecular weight is 337 g/mol. The highest BCUT2D eigenvalue weighted by Crippen LogP contribution is 2.25. The minimum atomic E-state index is -1.04. The highest BCUT2D eigenvalue weighted by atomic mass is 35.5. The lowest BCUT2D eigenvalue weighted by molar-refractivity contribution is -0.142. The second kappa shape index (κ2) is 6.62. The van der Waals surface area contributed by atoms with Crippen LogP contribution in [-0.2, 0) is 9.59 Å². The predicted octanol–water partition coefficient (Wildman–Crippen LogP) is 1.51. The molecule has 0 spiro atoms. The third kappa shape index (κ3) is 3.09. The maximum absolute atomic E-state index is 12.2. The number of hydrogen-bond acceptors (Lipinski definition) is 5. The van der Waals surface area contributed by atoms with E-state index in [0.717, 1.165) is 4.90 Å². The number of carbonyl (C=O) groups excluding carboxylic acids is 4. The lowest BCUT2D eigenvalue weighted by atomic mass is 10.1. The molecule has 0 radical (unpaired) electrons. The summed E-state index contributed by atoms with van der Waals surface area (Å²) >= 11 is 5.94. The van der Waals surface area contributed by atoms with Crippen LogP contribution in [-0.4, -0.2) is 53.6 Å². The van der Waals surface area contributed by atoms with E-state index in [2.05, 4.69) is 6.58 Å². The average Bonchev–Trinajstić information content (AvgIpc) is 2.73. The number of carbonyl (C=O) groups is 4. The van der Waals surface area contributed by atoms with Crippen molar-refractivity contribution >= 4 is 35.2 Å². The number of ether oxygens (including phenoxy) is 1. The number of ketones is 1. The number of methoxy groups -OCH3 is 1. The van der Waals surface area contributed by atoms with Crippen LogP contribution < -0.4 is 4.74 Å². The maximum atomic E-state index is 12.2. The molecule has 0 saturated carbocycles. The number of amides is 4. The topological polar surface area (TPSA) is 84.0 Å². The van der Waals surface area contributed by atoms with Crippen LogP contribution in [0.1, 0.15) is 10.4 Å². The van der Waals surface area contributed by atoms with E-state index in [1.54, 1.807) is 0 Å². The molecule has 120 valence electrons. The molecule has 1 aromatic rings. The van der Waals surface area contributed by atoms with Gasteiger partial charge in [0, 0.05) is 12.1 Å². The van der Waals surface area contributed by atoms with Crippen LogP contribution in [0.15, 0.2) is 30.9 Å². The van der Waals surface area contributed by atoms with Crippen LogP contribution in [0.2, 0.25) is 5.02 Å². The fourth-order valence-electron chi connectivity index (χ4n) is 2.05. The molecule has 1 saturated heterocycles. The smallest absolute Gasteiger partial charge is 0.334 e. The first-order chi connectivity index (χ1) is 10.9. The molecular formula is C15H13ClN2O5. The first kappa shape index (κ1) is 16.7. The number of halogens is 1. The Hall–Kier alpha value is -2.67. The van der Waals surface area contributed by atoms with Crippen molar-refractivity contribution < 1.29 is 23.9 Å². The monoisotopic (exact) mass is 336 g/mol. The molecular weight excluding hydrogens is 324 g/mol. The maximum Gasteiger partial charge on any atom is 0.334 e. The largest absolute Gasteiger partial charge is 0.495 e. The van der Waals surface area contributed by atoms with E-state index in [9.17, 15) is 19.2 Å². The lowest BCUT2D eigenvalue weighted by Crippen LogP contribution is -2.37. The van der Waals surface area contributed by atoms with Crippen molar-refractivity contribution in [1.29, 1.82) is 0 Å². The number of urea groups is 1. The number of imide groups is 2. The summed E-state index contributed by atoms with van der Waals surface area (Å²) in [6, 6.07) is 3.49. The fraction of sp³-hybridized carbons (Fsp3) is 0.200. The van der Waals surface area contributed by atoms with Gasteiger partial charge in [0.1, 0.15) is 5.75 Å². The van der Waals surface area contributed by atoms with E-state index < -0.39 is 30.2 Å². The van der Waals surface area contributed by atoms with Crippen LogP contribution >= 0.6 is 11.6 Å². The Morgan fingerprint density at radius 1 is 1.26 bits per heavy atom. The molecule has 0 bridgehead atoms. The summed E-state index contributed by atoms with van der Waals surface area (Å²) in [5.41, 5.74) is 0.200. The zero-order valence-corrected chi connectivity index (χ0v) is 13.0. The van der Waals surface area contributed by atoms with Crippen molar-refractivity contribution in [1.82, 2.24) is 9.80 Å². The zero-order valence-electron chi connectivity index (χ0n) is 12.2. The van der Waals surface area contributed by atoms with Gasteiger partial charge in [-0.3, -0.25) is 19.3 Å². The molecule has 1 fully saturated rings. The fourth-order valence-corrected chi connectivity index (χ4v) is 2.31. The first-order valence-electron chi connectivity index (χ1n) is 6.55. The van der Waals surface area contributed by atoms with E-state index in [1.165, 1.54) is 31.4 Å². The van der Waals surface area contributed by atoms with E-state index in [-0.39, 0.29) is 17.1 Å². The number of nitrogens with zero attached hydrogens (tertiary/aromatic N) is 2. The van der Waals surface area contributed by atoms with Gasteiger partial charge in [-0.2, -0.15) is 0 Å². The van der Waals surface area contributed by atoms with Crippen molar-refractivity contribution in [2.75, 3.05) is 20.2 Å². The molecule has 1 aliphatic rings. The van der Waals surface area contributed by atoms with E-state index in [0.29, 0.717) is 10.6 Å². The van der Waals surface area contributed by atoms with Gasteiger partial charge in [0.25, 0.3) is 0 Å². The van der Waals surface area contributed by atoms with Crippen molar-refractivity contribution in [3.05, 3.63) is 41.4 Å². The van der Waals surface area contributed by atoms with Crippen LogP contribution in [0.4, 0.5) is 4.79 Å². The van der Waals surface area contributed by atoms with E-state index in [4.69, 9.17) is 16.3 Å². The van der Waals surface area contributed by atoms with Gasteiger partial charge in [-0.1, -0.05) is 17.7 Å². The van der Waals surface area contributed by atoms with Gasteiger partial charge < -0.3 is 4.74 Å². The van der Waals surface area contributed by atoms with Crippen LogP contribution in [0.3, 0.4) is 0 Å². The van der Waals surface area contributed by atoms with Crippen molar-refractivity contribution in [3.8, 4) is 5.75 Å². The van der Waals surface area contributed by atoms with Crippen LogP contribution in [0.25, 0.3) is 0 Å². The standard InChI is InChI=1S/C15H13ClN2O5/c1-3-6-17-13(20)14(21)18(15(17)22)8-11(19)9-4-5-12(23-2)10(16)7-9/h3-5,7H,1,6,8H2,2H3. The second-order valence-corrected chi connectivity index (χ2v) is 5.06. The molecule has 1 heterocycles. The zero-order chi connectivity index (χ0) is 17.1. The molecule has 23 heavy (non-hydrogen) atoms. The third-order valence-corrected chi connectivity index (χ3v) is 3.52. The molecule has 4 amide bonds. The number of hydrogen-bond donors (Lipinski definition) is 0. The Morgan fingerprint density at radius 3 is 2.48 bits per heavy atom. The minimum Gasteiger partial charge on any atom is -0.495 e. The van der Waals surface area contributed by atoms with Crippen molar-refractivity contribution in [3.63, 3.8) is 0 Å². The first-order valence-corrected chi connectivity index (χ1v) is 6.93. The summed E-state index contributed by atoms with van der Waals surface area (Å²) in [4.78, 5) is 49.1. The van der Waals surface area contributed by atoms with Gasteiger partial charge in [0.05, 0.1) is 18.7 Å². The van der Waals surface area contributed by atoms with Crippen molar-refractivity contribution in [2.24, 2.45) is 0 Å². The van der Waals surface area contributed by atoms with Gasteiger partial charge in [-0.25, -0.2) is 9.69 Å². The number of benzene rings is 1. The normalized spacial score (nSPS) is 14.4. The predicted molar refractivity (Wildman–Crippen MR) is 81.4 cm³/mol. The van der Waals surface area contributed by atoms with Crippen LogP contribution in [0, 0.1) is 0 Å². The molecule has 1 aromatic carbocycles. The summed E-state index contributed by atoms with van der Waals surface area (Å²) in [6.07, 6.45) is 1.32. The van der Waals surface area contributed by atoms with Gasteiger partial charge in [-0.05, 0) is 18.2 Å². The SMILES string of the molecule is C=CCN1C(=O)C(=O)N(CC(=O)c2ccc(OC)c(Cl)c2)C1=O. The molecule has 1 aliphatic heterocycles. The molecule has 2 rings (SSSR count). The Labute approximate surface area is 137 Å². The van der Waals surface area contributed by atoms with Crippen LogP contribution in [0.5, 0.6) is 5.75 Å². The molecule has 0 N–H and O–H groups in total. The van der Waals surface area contributed by atoms with Gasteiger partial charge in [-0.15, -0.1) is 6.58 Å². The molecule has 7 nitrogen and oxygen atoms in total. The summed E-state index contributed by atoms with van der Waals surface area (Å²) in [5.74, 6) is -2.14. The Morgan fingerprint density at radius 2 is 1.91 bits per heavy atom. The molecule has 0 atom stereocenters. The summed E-state index contributed by atoms with van der Waals surface area (Å²) in [5, 5.41) is 0.224.